The number of Topliss-reactive ketones (excluding diaryl/α,β-unsaturated/α-hetero) is 1. The molecule has 13 heteroatoms. The number of ketones is 1. The summed E-state index contributed by atoms with van der Waals surface area (Å²) in [6.45, 7) is -1.30. The summed E-state index contributed by atoms with van der Waals surface area (Å²) in [5.41, 5.74) is -1.34. The van der Waals surface area contributed by atoms with Gasteiger partial charge in [-0.05, 0) is 35.9 Å². The third-order valence-electron chi connectivity index (χ3n) is 7.50. The number of rotatable bonds is 7. The van der Waals surface area contributed by atoms with Gasteiger partial charge in [0.05, 0.1) is 31.8 Å². The van der Waals surface area contributed by atoms with Gasteiger partial charge in [-0.3, -0.25) is 4.79 Å². The number of carbonyl (C=O) groups excluding carboxylic acids is 1. The molecule has 13 nitrogen and oxygen atoms in total. The number of hydrogen-bond donors (Lipinski definition) is 5. The first-order chi connectivity index (χ1) is 18.8. The van der Waals surface area contributed by atoms with Crippen LogP contribution in [0.3, 0.4) is 0 Å². The van der Waals surface area contributed by atoms with Gasteiger partial charge in [-0.15, -0.1) is 0 Å². The molecule has 0 amide bonds. The lowest BCUT2D eigenvalue weighted by Crippen LogP contribution is -2.59. The first-order valence-electron chi connectivity index (χ1n) is 12.4. The Hall–Kier alpha value is -3.01. The summed E-state index contributed by atoms with van der Waals surface area (Å²) in [7, 11) is 0. The van der Waals surface area contributed by atoms with E-state index in [-0.39, 0.29) is 32.4 Å². The minimum atomic E-state index is -2.08. The number of benzene rings is 2. The third kappa shape index (κ3) is 4.50. The molecule has 6 rings (SSSR count). The van der Waals surface area contributed by atoms with E-state index in [1.165, 1.54) is 12.1 Å². The maximum Gasteiger partial charge on any atom is 0.231 e. The summed E-state index contributed by atoms with van der Waals surface area (Å²) in [6.07, 6.45) is -8.39. The summed E-state index contributed by atoms with van der Waals surface area (Å²) in [5.74, 6) is 0.182. The number of carbonyl (C=O) groups is 1. The van der Waals surface area contributed by atoms with E-state index < -0.39 is 60.7 Å². The Bertz CT molecular complexity index is 1230. The maximum absolute atomic E-state index is 13.7. The first kappa shape index (κ1) is 26.2. The van der Waals surface area contributed by atoms with Gasteiger partial charge in [0.2, 0.25) is 13.6 Å². The minimum absolute atomic E-state index is 0.0160. The van der Waals surface area contributed by atoms with E-state index in [4.69, 9.17) is 33.2 Å². The molecule has 0 spiro atoms. The fraction of sp³-hybridized carbons (Fsp3) is 0.500. The van der Waals surface area contributed by atoms with Gasteiger partial charge >= 0.3 is 0 Å². The maximum atomic E-state index is 13.7. The largest absolute Gasteiger partial charge is 0.454 e. The van der Waals surface area contributed by atoms with Crippen LogP contribution in [0.15, 0.2) is 36.4 Å². The Labute approximate surface area is 222 Å². The monoisotopic (exact) mass is 548 g/mol. The van der Waals surface area contributed by atoms with Gasteiger partial charge in [0.25, 0.3) is 0 Å². The van der Waals surface area contributed by atoms with Crippen LogP contribution < -0.4 is 18.9 Å². The molecule has 210 valence electrons. The van der Waals surface area contributed by atoms with E-state index in [1.54, 1.807) is 24.3 Å². The van der Waals surface area contributed by atoms with Crippen molar-refractivity contribution in [2.24, 2.45) is 5.92 Å². The highest BCUT2D eigenvalue weighted by atomic mass is 16.7. The minimum Gasteiger partial charge on any atom is -0.454 e. The molecule has 2 aromatic rings. The molecule has 4 aliphatic rings. The number of ether oxygens (including phenoxy) is 7. The van der Waals surface area contributed by atoms with Crippen LogP contribution in [0, 0.1) is 5.92 Å². The van der Waals surface area contributed by atoms with Crippen molar-refractivity contribution in [3.63, 3.8) is 0 Å². The summed E-state index contributed by atoms with van der Waals surface area (Å²) < 4.78 is 38.7. The smallest absolute Gasteiger partial charge is 0.231 e. The van der Waals surface area contributed by atoms with Crippen molar-refractivity contribution in [2.75, 3.05) is 33.4 Å². The summed E-state index contributed by atoms with van der Waals surface area (Å²) in [5, 5.41) is 52.0. The highest BCUT2D eigenvalue weighted by Gasteiger charge is 2.55. The Kier molecular flexibility index (Phi) is 6.85. The van der Waals surface area contributed by atoms with Crippen LogP contribution in [0.5, 0.6) is 23.0 Å². The molecule has 0 bridgehead atoms. The van der Waals surface area contributed by atoms with Crippen molar-refractivity contribution >= 4 is 5.78 Å². The Morgan fingerprint density at radius 3 is 2.28 bits per heavy atom. The molecule has 2 fully saturated rings. The average molecular weight is 548 g/mol. The normalized spacial score (nSPS) is 34.8. The van der Waals surface area contributed by atoms with Crippen LogP contribution in [-0.2, 0) is 14.2 Å². The average Bonchev–Trinajstić information content (AvgIpc) is 3.69. The molecular formula is C26H28O13. The molecule has 5 N–H and O–H groups in total. The van der Waals surface area contributed by atoms with Gasteiger partial charge in [-0.25, -0.2) is 0 Å². The molecule has 8 atom stereocenters. The Balaban J connectivity index is 1.30. The molecule has 0 aromatic heterocycles. The van der Waals surface area contributed by atoms with Crippen molar-refractivity contribution in [3.8, 4) is 23.0 Å². The first-order valence-corrected chi connectivity index (χ1v) is 12.4. The molecule has 2 saturated heterocycles. The van der Waals surface area contributed by atoms with Gasteiger partial charge in [0, 0.05) is 5.56 Å². The van der Waals surface area contributed by atoms with E-state index >= 15 is 0 Å². The van der Waals surface area contributed by atoms with E-state index in [0.717, 1.165) is 0 Å². The molecule has 0 aliphatic carbocycles. The van der Waals surface area contributed by atoms with Gasteiger partial charge in [-0.1, -0.05) is 6.07 Å². The quantitative estimate of drug-likeness (QED) is 0.273. The van der Waals surface area contributed by atoms with Gasteiger partial charge < -0.3 is 58.7 Å². The van der Waals surface area contributed by atoms with E-state index in [0.29, 0.717) is 28.6 Å². The summed E-state index contributed by atoms with van der Waals surface area (Å²) >= 11 is 0. The summed E-state index contributed by atoms with van der Waals surface area (Å²) in [6, 6.07) is 9.65. The number of fused-ring (bicyclic) bond motifs is 2. The van der Waals surface area contributed by atoms with Crippen LogP contribution in [0.4, 0.5) is 0 Å². The van der Waals surface area contributed by atoms with Crippen molar-refractivity contribution < 1.29 is 63.5 Å². The van der Waals surface area contributed by atoms with Crippen LogP contribution in [0.1, 0.15) is 22.0 Å². The lowest BCUT2D eigenvalue weighted by atomic mass is 9.79. The Morgan fingerprint density at radius 2 is 1.56 bits per heavy atom. The van der Waals surface area contributed by atoms with Crippen molar-refractivity contribution in [2.45, 2.75) is 42.4 Å². The second-order valence-corrected chi connectivity index (χ2v) is 9.80. The highest BCUT2D eigenvalue weighted by Crippen LogP contribution is 2.46. The predicted molar refractivity (Wildman–Crippen MR) is 126 cm³/mol. The molecule has 0 saturated carbocycles. The third-order valence-corrected chi connectivity index (χ3v) is 7.50. The lowest BCUT2D eigenvalue weighted by Gasteiger charge is -2.40. The standard InChI is InChI=1S/C26H28O13/c27-7-19-20(28)21(29)22(30)25(39-19)33-8-14-23(12-1-3-15-17(5-12)37-10-35-15)34-9-26(14,32)24(31)13-2-4-16-18(6-13)38-11-36-16/h1-6,14,19-23,25,27-30,32H,7-11H2/t14-,19-,20-,21+,22-,23-,25-,26-/m1/s1. The Morgan fingerprint density at radius 1 is 0.897 bits per heavy atom. The molecule has 0 radical (unpaired) electrons. The van der Waals surface area contributed by atoms with Crippen LogP contribution in [0.25, 0.3) is 0 Å². The lowest BCUT2D eigenvalue weighted by molar-refractivity contribution is -0.305. The van der Waals surface area contributed by atoms with Crippen molar-refractivity contribution in [3.05, 3.63) is 47.5 Å². The van der Waals surface area contributed by atoms with E-state index in [9.17, 15) is 30.3 Å². The molecule has 39 heavy (non-hydrogen) atoms. The van der Waals surface area contributed by atoms with E-state index in [1.807, 2.05) is 0 Å². The van der Waals surface area contributed by atoms with Gasteiger partial charge in [-0.2, -0.15) is 0 Å². The van der Waals surface area contributed by atoms with E-state index in [2.05, 4.69) is 0 Å². The van der Waals surface area contributed by atoms with Crippen molar-refractivity contribution in [1.82, 2.24) is 0 Å². The molecule has 4 aliphatic heterocycles. The molecule has 0 unspecified atom stereocenters. The number of aliphatic hydroxyl groups is 5. The van der Waals surface area contributed by atoms with Crippen LogP contribution in [-0.4, -0.2) is 101 Å². The zero-order valence-electron chi connectivity index (χ0n) is 20.5. The second-order valence-electron chi connectivity index (χ2n) is 9.80. The van der Waals surface area contributed by atoms with Gasteiger partial charge in [0.1, 0.15) is 24.4 Å². The molecule has 4 heterocycles. The van der Waals surface area contributed by atoms with Crippen molar-refractivity contribution in [1.29, 1.82) is 0 Å². The summed E-state index contributed by atoms with van der Waals surface area (Å²) in [4.78, 5) is 13.7. The molecule has 2 aromatic carbocycles. The topological polar surface area (TPSA) is 183 Å². The highest BCUT2D eigenvalue weighted by molar-refractivity contribution is 6.03. The zero-order chi connectivity index (χ0) is 27.3. The van der Waals surface area contributed by atoms with Gasteiger partial charge in [0.15, 0.2) is 40.7 Å². The predicted octanol–water partition coefficient (Wildman–Crippen LogP) is -0.738. The zero-order valence-corrected chi connectivity index (χ0v) is 20.5. The fourth-order valence-corrected chi connectivity index (χ4v) is 5.26. The van der Waals surface area contributed by atoms with Crippen LogP contribution >= 0.6 is 0 Å². The SMILES string of the molecule is O=C(c1ccc2c(c1)OCO2)[C@@]1(O)CO[C@H](c2ccc3c(c2)OCO3)[C@H]1CO[C@@H]1O[C@H](CO)[C@@H](O)[C@H](O)[C@H]1O. The number of hydrogen-bond acceptors (Lipinski definition) is 13. The molecular weight excluding hydrogens is 520 g/mol. The second kappa shape index (κ2) is 10.2. The van der Waals surface area contributed by atoms with Crippen LogP contribution in [0.2, 0.25) is 0 Å². The number of aliphatic hydroxyl groups excluding tert-OH is 4. The fourth-order valence-electron chi connectivity index (χ4n) is 5.26.